The van der Waals surface area contributed by atoms with Crippen molar-refractivity contribution in [2.24, 2.45) is 0 Å². The second kappa shape index (κ2) is 9.84. The van der Waals surface area contributed by atoms with E-state index in [2.05, 4.69) is 4.74 Å². The third-order valence-electron chi connectivity index (χ3n) is 0.757. The number of aliphatic hydroxyl groups is 3. The zero-order valence-electron chi connectivity index (χ0n) is 5.16. The number of hydrogen-bond acceptors (Lipinski definition) is 4. The molecule has 0 spiro atoms. The molecule has 0 aliphatic heterocycles. The molecule has 0 saturated carbocycles. The third kappa shape index (κ3) is 8.84. The molecule has 0 aliphatic carbocycles. The Bertz CT molecular complexity index is 61.6. The van der Waals surface area contributed by atoms with Crippen molar-refractivity contribution < 1.29 is 20.1 Å². The molecule has 0 rings (SSSR count). The van der Waals surface area contributed by atoms with Crippen molar-refractivity contribution in [2.75, 3.05) is 26.4 Å². The minimum absolute atomic E-state index is 0. The molecular formula is C5H13NaO4. The van der Waals surface area contributed by atoms with Gasteiger partial charge in [-0.25, -0.2) is 0 Å². The molecule has 0 amide bonds. The van der Waals surface area contributed by atoms with E-state index in [9.17, 15) is 0 Å². The first-order valence-corrected chi connectivity index (χ1v) is 2.78. The molecule has 10 heavy (non-hydrogen) atoms. The van der Waals surface area contributed by atoms with Gasteiger partial charge in [-0.1, -0.05) is 0 Å². The molecule has 0 aromatic carbocycles. The molecule has 5 heteroatoms. The van der Waals surface area contributed by atoms with E-state index in [1.54, 1.807) is 0 Å². The van der Waals surface area contributed by atoms with Crippen molar-refractivity contribution in [3.63, 3.8) is 0 Å². The van der Waals surface area contributed by atoms with Crippen LogP contribution in [0.25, 0.3) is 0 Å². The summed E-state index contributed by atoms with van der Waals surface area (Å²) in [6.45, 7) is -0.0717. The van der Waals surface area contributed by atoms with Crippen LogP contribution in [-0.4, -0.2) is 77.4 Å². The Hall–Kier alpha value is 0.840. The predicted octanol–water partition coefficient (Wildman–Crippen LogP) is -2.30. The Kier molecular flexibility index (Phi) is 13.2. The second-order valence-electron chi connectivity index (χ2n) is 1.63. The van der Waals surface area contributed by atoms with Gasteiger partial charge in [-0.2, -0.15) is 0 Å². The van der Waals surface area contributed by atoms with E-state index >= 15 is 0 Å². The second-order valence-corrected chi connectivity index (χ2v) is 1.63. The third-order valence-corrected chi connectivity index (χ3v) is 0.757. The number of hydrogen-bond donors (Lipinski definition) is 3. The average molecular weight is 160 g/mol. The van der Waals surface area contributed by atoms with Gasteiger partial charge in [-0.3, -0.25) is 0 Å². The molecule has 0 fully saturated rings. The number of ether oxygens (including phenoxy) is 1. The molecular weight excluding hydrogens is 147 g/mol. The monoisotopic (exact) mass is 160 g/mol. The topological polar surface area (TPSA) is 69.9 Å². The van der Waals surface area contributed by atoms with Crippen LogP contribution in [0.15, 0.2) is 0 Å². The van der Waals surface area contributed by atoms with E-state index < -0.39 is 6.10 Å². The van der Waals surface area contributed by atoms with Gasteiger partial charge >= 0.3 is 29.6 Å². The van der Waals surface area contributed by atoms with Crippen LogP contribution >= 0.6 is 0 Å². The van der Waals surface area contributed by atoms with Gasteiger partial charge in [0.25, 0.3) is 0 Å². The normalized spacial score (nSPS) is 12.3. The molecule has 0 radical (unpaired) electrons. The molecule has 1 atom stereocenters. The summed E-state index contributed by atoms with van der Waals surface area (Å²) in [6.07, 6.45) is -0.823. The summed E-state index contributed by atoms with van der Waals surface area (Å²) in [5.41, 5.74) is 0. The summed E-state index contributed by atoms with van der Waals surface area (Å²) in [5, 5.41) is 25.1. The van der Waals surface area contributed by atoms with E-state index in [-0.39, 0.29) is 56.0 Å². The van der Waals surface area contributed by atoms with Gasteiger partial charge in [0, 0.05) is 0 Å². The van der Waals surface area contributed by atoms with E-state index in [1.165, 1.54) is 0 Å². The van der Waals surface area contributed by atoms with Crippen molar-refractivity contribution in [1.82, 2.24) is 0 Å². The first-order chi connectivity index (χ1) is 4.31. The molecule has 0 saturated heterocycles. The zero-order valence-corrected chi connectivity index (χ0v) is 5.16. The van der Waals surface area contributed by atoms with Gasteiger partial charge in [0.2, 0.25) is 0 Å². The van der Waals surface area contributed by atoms with E-state index in [4.69, 9.17) is 15.3 Å². The van der Waals surface area contributed by atoms with Crippen molar-refractivity contribution in [1.29, 1.82) is 0 Å². The fourth-order valence-corrected chi connectivity index (χ4v) is 0.337. The Labute approximate surface area is 82.1 Å². The average Bonchev–Trinajstić information content (AvgIpc) is 1.89. The summed E-state index contributed by atoms with van der Waals surface area (Å²) in [6, 6.07) is 0. The molecule has 0 aromatic rings. The number of rotatable bonds is 5. The van der Waals surface area contributed by atoms with Gasteiger partial charge in [-0.15, -0.1) is 0 Å². The summed E-state index contributed by atoms with van der Waals surface area (Å²) in [4.78, 5) is 0. The Morgan fingerprint density at radius 3 is 2.30 bits per heavy atom. The molecule has 1 unspecified atom stereocenters. The SMILES string of the molecule is OCCOCC(O)CO.[NaH]. The van der Waals surface area contributed by atoms with Crippen molar-refractivity contribution in [2.45, 2.75) is 6.10 Å². The summed E-state index contributed by atoms with van der Waals surface area (Å²) in [5.74, 6) is 0. The van der Waals surface area contributed by atoms with Gasteiger partial charge in [0.05, 0.1) is 26.4 Å². The van der Waals surface area contributed by atoms with Crippen LogP contribution in [0.2, 0.25) is 0 Å². The van der Waals surface area contributed by atoms with Crippen LogP contribution in [0.1, 0.15) is 0 Å². The summed E-state index contributed by atoms with van der Waals surface area (Å²) in [7, 11) is 0. The first kappa shape index (κ1) is 13.4. The van der Waals surface area contributed by atoms with Gasteiger partial charge < -0.3 is 20.1 Å². The van der Waals surface area contributed by atoms with E-state index in [0.29, 0.717) is 0 Å². The first-order valence-electron chi connectivity index (χ1n) is 2.78. The van der Waals surface area contributed by atoms with Gasteiger partial charge in [0.15, 0.2) is 0 Å². The fourth-order valence-electron chi connectivity index (χ4n) is 0.337. The van der Waals surface area contributed by atoms with Crippen LogP contribution in [0.5, 0.6) is 0 Å². The van der Waals surface area contributed by atoms with Gasteiger partial charge in [0.1, 0.15) is 6.10 Å². The summed E-state index contributed by atoms with van der Waals surface area (Å²) < 4.78 is 4.68. The molecule has 3 N–H and O–H groups in total. The molecule has 58 valence electrons. The number of aliphatic hydroxyl groups excluding tert-OH is 3. The van der Waals surface area contributed by atoms with Crippen LogP contribution in [-0.2, 0) is 4.74 Å². The fraction of sp³-hybridized carbons (Fsp3) is 1.00. The standard InChI is InChI=1S/C5H12O4.Na.H/c6-1-2-9-4-5(8)3-7;;/h5-8H,1-4H2;;. The molecule has 0 aliphatic rings. The quantitative estimate of drug-likeness (QED) is 0.312. The Balaban J connectivity index is 0. The van der Waals surface area contributed by atoms with Crippen LogP contribution in [0.3, 0.4) is 0 Å². The molecule has 0 bridgehead atoms. The zero-order chi connectivity index (χ0) is 7.11. The maximum atomic E-state index is 8.63. The molecule has 0 heterocycles. The van der Waals surface area contributed by atoms with Crippen LogP contribution in [0.4, 0.5) is 0 Å². The van der Waals surface area contributed by atoms with Crippen molar-refractivity contribution in [3.8, 4) is 0 Å². The van der Waals surface area contributed by atoms with Crippen LogP contribution < -0.4 is 0 Å². The molecule has 0 aromatic heterocycles. The van der Waals surface area contributed by atoms with Crippen molar-refractivity contribution in [3.05, 3.63) is 0 Å². The minimum atomic E-state index is -0.823. The summed E-state index contributed by atoms with van der Waals surface area (Å²) >= 11 is 0. The van der Waals surface area contributed by atoms with E-state index in [1.807, 2.05) is 0 Å². The molecule has 4 nitrogen and oxygen atoms in total. The van der Waals surface area contributed by atoms with Crippen molar-refractivity contribution >= 4 is 29.6 Å². The van der Waals surface area contributed by atoms with Gasteiger partial charge in [-0.05, 0) is 0 Å². The maximum absolute atomic E-state index is 8.63. The van der Waals surface area contributed by atoms with E-state index in [0.717, 1.165) is 0 Å². The Morgan fingerprint density at radius 2 is 1.90 bits per heavy atom. The van der Waals surface area contributed by atoms with Crippen LogP contribution in [0, 0.1) is 0 Å². The predicted molar refractivity (Wildman–Crippen MR) is 38.1 cm³/mol. The Morgan fingerprint density at radius 1 is 1.30 bits per heavy atom.